The molecule has 0 amide bonds. The lowest BCUT2D eigenvalue weighted by molar-refractivity contribution is -0.204. The van der Waals surface area contributed by atoms with E-state index in [0.717, 1.165) is 31.1 Å². The number of rotatable bonds is 2. The van der Waals surface area contributed by atoms with Crippen molar-refractivity contribution in [2.75, 3.05) is 0 Å². The van der Waals surface area contributed by atoms with E-state index in [0.29, 0.717) is 25.7 Å². The maximum Gasteiger partial charge on any atom is 0.335 e. The average molecular weight is 417 g/mol. The zero-order chi connectivity index (χ0) is 21.3. The summed E-state index contributed by atoms with van der Waals surface area (Å²) in [7, 11) is 0. The standard InChI is InChI=1S/C24H32O6/c1-22-8-7-17-18(4-3-15-10-16(26)6-9-23(15,17)13-25)24(22,29)11-19(27)21(22)14-2-5-20(28)30-12-14/h2,5,12-13,15-19,21,26-27,29H,3-4,6-11H2,1H3/t15-,16-,17+,18-,19-,21-,22+,23+,24-/m0/s1. The van der Waals surface area contributed by atoms with Gasteiger partial charge in [-0.15, -0.1) is 0 Å². The van der Waals surface area contributed by atoms with Gasteiger partial charge in [0.05, 0.1) is 24.1 Å². The first-order valence-electron chi connectivity index (χ1n) is 11.4. The fourth-order valence-electron chi connectivity index (χ4n) is 8.30. The summed E-state index contributed by atoms with van der Waals surface area (Å²) in [6.07, 6.45) is 6.95. The van der Waals surface area contributed by atoms with E-state index in [2.05, 4.69) is 6.92 Å². The van der Waals surface area contributed by atoms with Gasteiger partial charge < -0.3 is 24.5 Å². The molecule has 1 aromatic heterocycles. The molecule has 0 saturated heterocycles. The van der Waals surface area contributed by atoms with Gasteiger partial charge in [0.1, 0.15) is 6.29 Å². The molecule has 1 aromatic rings. The van der Waals surface area contributed by atoms with E-state index >= 15 is 0 Å². The molecular weight excluding hydrogens is 384 g/mol. The van der Waals surface area contributed by atoms with E-state index in [1.807, 2.05) is 0 Å². The highest BCUT2D eigenvalue weighted by Crippen LogP contribution is 2.70. The van der Waals surface area contributed by atoms with Crippen LogP contribution in [0.2, 0.25) is 0 Å². The molecule has 4 saturated carbocycles. The van der Waals surface area contributed by atoms with Crippen LogP contribution in [-0.4, -0.2) is 39.4 Å². The van der Waals surface area contributed by atoms with E-state index in [1.54, 1.807) is 6.07 Å². The summed E-state index contributed by atoms with van der Waals surface area (Å²) >= 11 is 0. The van der Waals surface area contributed by atoms with Crippen molar-refractivity contribution in [2.45, 2.75) is 82.0 Å². The third kappa shape index (κ3) is 2.53. The molecule has 5 rings (SSSR count). The molecule has 0 aliphatic heterocycles. The summed E-state index contributed by atoms with van der Waals surface area (Å²) < 4.78 is 5.08. The molecule has 4 aliphatic carbocycles. The van der Waals surface area contributed by atoms with Crippen molar-refractivity contribution >= 4 is 6.29 Å². The first-order chi connectivity index (χ1) is 14.2. The Balaban J connectivity index is 1.54. The van der Waals surface area contributed by atoms with Gasteiger partial charge in [-0.05, 0) is 74.3 Å². The fourth-order valence-corrected chi connectivity index (χ4v) is 8.30. The van der Waals surface area contributed by atoms with Crippen LogP contribution in [0.3, 0.4) is 0 Å². The van der Waals surface area contributed by atoms with Gasteiger partial charge in [0, 0.05) is 29.2 Å². The lowest BCUT2D eigenvalue weighted by atomic mass is 9.43. The van der Waals surface area contributed by atoms with Crippen LogP contribution in [0.4, 0.5) is 0 Å². The Morgan fingerprint density at radius 3 is 2.60 bits per heavy atom. The number of carbonyl (C=O) groups is 1. The van der Waals surface area contributed by atoms with Crippen molar-refractivity contribution in [2.24, 2.45) is 28.6 Å². The summed E-state index contributed by atoms with van der Waals surface area (Å²) in [5.74, 6) is -0.105. The average Bonchev–Trinajstić information content (AvgIpc) is 2.93. The normalized spacial score (nSPS) is 50.3. The van der Waals surface area contributed by atoms with Crippen molar-refractivity contribution in [3.63, 3.8) is 0 Å². The highest BCUT2D eigenvalue weighted by atomic mass is 16.4. The van der Waals surface area contributed by atoms with E-state index < -0.39 is 28.2 Å². The van der Waals surface area contributed by atoms with E-state index in [9.17, 15) is 24.9 Å². The topological polar surface area (TPSA) is 108 Å². The summed E-state index contributed by atoms with van der Waals surface area (Å²) in [5, 5.41) is 33.4. The van der Waals surface area contributed by atoms with Crippen LogP contribution in [0.15, 0.2) is 27.6 Å². The molecule has 30 heavy (non-hydrogen) atoms. The van der Waals surface area contributed by atoms with Crippen molar-refractivity contribution in [1.29, 1.82) is 0 Å². The number of aliphatic hydroxyl groups is 3. The molecule has 4 aliphatic rings. The predicted molar refractivity (Wildman–Crippen MR) is 109 cm³/mol. The van der Waals surface area contributed by atoms with Gasteiger partial charge in [-0.1, -0.05) is 6.92 Å². The molecule has 1 heterocycles. The number of hydrogen-bond acceptors (Lipinski definition) is 6. The second kappa shape index (κ2) is 6.75. The molecule has 0 spiro atoms. The zero-order valence-electron chi connectivity index (χ0n) is 17.5. The lowest BCUT2D eigenvalue weighted by Gasteiger charge is -2.62. The van der Waals surface area contributed by atoms with Crippen molar-refractivity contribution in [3.8, 4) is 0 Å². The van der Waals surface area contributed by atoms with Crippen LogP contribution >= 0.6 is 0 Å². The predicted octanol–water partition coefficient (Wildman–Crippen LogP) is 2.39. The van der Waals surface area contributed by atoms with E-state index in [4.69, 9.17) is 4.42 Å². The number of fused-ring (bicyclic) bond motifs is 5. The molecule has 164 valence electrons. The van der Waals surface area contributed by atoms with Crippen LogP contribution < -0.4 is 5.63 Å². The second-order valence-electron chi connectivity index (χ2n) is 10.7. The molecule has 9 atom stereocenters. The smallest absolute Gasteiger partial charge is 0.335 e. The Hall–Kier alpha value is -1.50. The van der Waals surface area contributed by atoms with E-state index in [-0.39, 0.29) is 36.2 Å². The van der Waals surface area contributed by atoms with E-state index in [1.165, 1.54) is 12.3 Å². The summed E-state index contributed by atoms with van der Waals surface area (Å²) in [5.41, 5.74) is -1.78. The Morgan fingerprint density at radius 1 is 1.10 bits per heavy atom. The maximum atomic E-state index is 12.5. The summed E-state index contributed by atoms with van der Waals surface area (Å²) in [4.78, 5) is 23.9. The van der Waals surface area contributed by atoms with Gasteiger partial charge >= 0.3 is 5.63 Å². The Labute approximate surface area is 176 Å². The molecule has 3 N–H and O–H groups in total. The van der Waals surface area contributed by atoms with Gasteiger partial charge in [0.25, 0.3) is 0 Å². The molecule has 0 aromatic carbocycles. The number of aliphatic hydroxyl groups excluding tert-OH is 2. The summed E-state index contributed by atoms with van der Waals surface area (Å²) in [6.45, 7) is 2.06. The van der Waals surface area contributed by atoms with Crippen LogP contribution in [0, 0.1) is 28.6 Å². The zero-order valence-corrected chi connectivity index (χ0v) is 17.5. The second-order valence-corrected chi connectivity index (χ2v) is 10.7. The van der Waals surface area contributed by atoms with Gasteiger partial charge in [0.15, 0.2) is 0 Å². The summed E-state index contributed by atoms with van der Waals surface area (Å²) in [6, 6.07) is 3.07. The van der Waals surface area contributed by atoms with Crippen LogP contribution in [0.25, 0.3) is 0 Å². The van der Waals surface area contributed by atoms with Crippen molar-refractivity contribution in [1.82, 2.24) is 0 Å². The minimum atomic E-state index is -1.08. The van der Waals surface area contributed by atoms with Gasteiger partial charge in [-0.3, -0.25) is 0 Å². The van der Waals surface area contributed by atoms with Gasteiger partial charge in [0.2, 0.25) is 0 Å². The highest BCUT2D eigenvalue weighted by Gasteiger charge is 2.70. The number of aldehydes is 1. The Kier molecular flexibility index (Phi) is 4.59. The molecular formula is C24H32O6. The molecule has 0 unspecified atom stereocenters. The molecule has 4 fully saturated rings. The van der Waals surface area contributed by atoms with Crippen LogP contribution in [0.5, 0.6) is 0 Å². The number of carbonyl (C=O) groups excluding carboxylic acids is 1. The first-order valence-corrected chi connectivity index (χ1v) is 11.4. The molecule has 6 nitrogen and oxygen atoms in total. The Bertz CT molecular complexity index is 875. The Morgan fingerprint density at radius 2 is 1.90 bits per heavy atom. The SMILES string of the molecule is C[C@]12CC[C@@H]3[C@H](CC[C@H]4C[C@@H](O)CC[C@@]43C=O)[C@@]1(O)C[C@H](O)[C@@H]2c1ccc(=O)oc1. The molecule has 0 bridgehead atoms. The largest absolute Gasteiger partial charge is 0.431 e. The first kappa shape index (κ1) is 20.4. The van der Waals surface area contributed by atoms with Crippen molar-refractivity contribution in [3.05, 3.63) is 34.4 Å². The monoisotopic (exact) mass is 416 g/mol. The minimum Gasteiger partial charge on any atom is -0.431 e. The van der Waals surface area contributed by atoms with Crippen LogP contribution in [-0.2, 0) is 4.79 Å². The quantitative estimate of drug-likeness (QED) is 0.639. The van der Waals surface area contributed by atoms with Gasteiger partial charge in [-0.2, -0.15) is 0 Å². The third-order valence-corrected chi connectivity index (χ3v) is 9.70. The molecule has 6 heteroatoms. The maximum absolute atomic E-state index is 12.5. The van der Waals surface area contributed by atoms with Gasteiger partial charge in [-0.25, -0.2) is 4.79 Å². The highest BCUT2D eigenvalue weighted by molar-refractivity contribution is 5.62. The lowest BCUT2D eigenvalue weighted by Crippen LogP contribution is -2.63. The van der Waals surface area contributed by atoms with Crippen LogP contribution in [0.1, 0.15) is 69.8 Å². The molecule has 0 radical (unpaired) electrons. The minimum absolute atomic E-state index is 0.0525. The third-order valence-electron chi connectivity index (χ3n) is 9.70. The van der Waals surface area contributed by atoms with Crippen molar-refractivity contribution < 1.29 is 24.5 Å². The fraction of sp³-hybridized carbons (Fsp3) is 0.750. The number of hydrogen-bond donors (Lipinski definition) is 3.